The lowest BCUT2D eigenvalue weighted by Gasteiger charge is -2.31. The molecule has 8 nitrogen and oxygen atoms in total. The zero-order valence-corrected chi connectivity index (χ0v) is 22.5. The number of fused-ring (bicyclic) bond motifs is 6. The predicted molar refractivity (Wildman–Crippen MR) is 149 cm³/mol. The fourth-order valence-corrected chi connectivity index (χ4v) is 7.36. The van der Waals surface area contributed by atoms with Crippen LogP contribution in [-0.4, -0.2) is 55.9 Å². The Morgan fingerprint density at radius 2 is 1.75 bits per heavy atom. The average Bonchev–Trinajstić information content (AvgIpc) is 3.57. The number of carbonyl (C=O) groups excluding carboxylic acids is 2. The molecule has 0 saturated carbocycles. The van der Waals surface area contributed by atoms with Gasteiger partial charge in [0.05, 0.1) is 60.2 Å². The summed E-state index contributed by atoms with van der Waals surface area (Å²) in [4.78, 5) is 31.7. The normalized spacial score (nSPS) is 29.2. The van der Waals surface area contributed by atoms with Gasteiger partial charge in [0.25, 0.3) is 0 Å². The van der Waals surface area contributed by atoms with Crippen LogP contribution in [0.2, 0.25) is 0 Å². The molecule has 0 aromatic heterocycles. The minimum absolute atomic E-state index is 0.215. The lowest BCUT2D eigenvalue weighted by molar-refractivity contribution is -0.131. The quantitative estimate of drug-likeness (QED) is 0.429. The second-order valence-electron chi connectivity index (χ2n) is 11.4. The van der Waals surface area contributed by atoms with Crippen LogP contribution in [0.15, 0.2) is 60.7 Å². The number of rotatable bonds is 6. The molecule has 8 heteroatoms. The summed E-state index contributed by atoms with van der Waals surface area (Å²) in [6.07, 6.45) is 1.96. The standard InChI is InChI=1S/C32H31N3O5/c1-31-11-12-32(40-31,13-16-39-23-6-4-5-22(19-23)34-14-17-38-18-15-34)28-27(31)29(36)35(30(28)37)26-10-9-21(20-33)24-7-2-3-8-25(24)26/h2-10,19,27-28H,11-18H2,1H3/t27-,28+,31-,32-/m0/s1. The SMILES string of the molecule is C[C@@]12CC[C@@](CCOc3cccc(N4CCOCC4)c3)(O1)[C@H]1C(=O)N(c3ccc(C#N)c4ccccc34)C(=O)[C@H]12. The predicted octanol–water partition coefficient (Wildman–Crippen LogP) is 4.44. The van der Waals surface area contributed by atoms with Crippen molar-refractivity contribution in [3.63, 3.8) is 0 Å². The third kappa shape index (κ3) is 3.72. The van der Waals surface area contributed by atoms with Crippen LogP contribution in [-0.2, 0) is 19.1 Å². The summed E-state index contributed by atoms with van der Waals surface area (Å²) in [5.74, 6) is -0.755. The van der Waals surface area contributed by atoms with Crippen molar-refractivity contribution in [3.8, 4) is 11.8 Å². The topological polar surface area (TPSA) is 92.1 Å². The van der Waals surface area contributed by atoms with E-state index in [0.717, 1.165) is 41.7 Å². The minimum atomic E-state index is -0.745. The van der Waals surface area contributed by atoms with Gasteiger partial charge < -0.3 is 19.1 Å². The molecule has 4 heterocycles. The highest BCUT2D eigenvalue weighted by atomic mass is 16.5. The van der Waals surface area contributed by atoms with Gasteiger partial charge in [-0.3, -0.25) is 9.59 Å². The molecule has 4 aliphatic rings. The van der Waals surface area contributed by atoms with Gasteiger partial charge in [0.2, 0.25) is 11.8 Å². The number of hydrogen-bond donors (Lipinski definition) is 0. The van der Waals surface area contributed by atoms with Crippen LogP contribution in [0.25, 0.3) is 10.8 Å². The molecule has 0 N–H and O–H groups in total. The Morgan fingerprint density at radius 3 is 2.55 bits per heavy atom. The summed E-state index contributed by atoms with van der Waals surface area (Å²) >= 11 is 0. The number of hydrogen-bond acceptors (Lipinski definition) is 7. The molecule has 0 unspecified atom stereocenters. The lowest BCUT2D eigenvalue weighted by Crippen LogP contribution is -2.43. The number of nitriles is 1. The summed E-state index contributed by atoms with van der Waals surface area (Å²) in [7, 11) is 0. The molecule has 0 aliphatic carbocycles. The molecular weight excluding hydrogens is 506 g/mol. The molecule has 204 valence electrons. The van der Waals surface area contributed by atoms with Crippen molar-refractivity contribution >= 4 is 34.0 Å². The van der Waals surface area contributed by atoms with Crippen LogP contribution < -0.4 is 14.5 Å². The number of ether oxygens (including phenoxy) is 3. The van der Waals surface area contributed by atoms with Gasteiger partial charge >= 0.3 is 0 Å². The first-order chi connectivity index (χ1) is 19.4. The van der Waals surface area contributed by atoms with Crippen molar-refractivity contribution in [1.29, 1.82) is 5.26 Å². The van der Waals surface area contributed by atoms with Crippen molar-refractivity contribution < 1.29 is 23.8 Å². The van der Waals surface area contributed by atoms with Crippen LogP contribution in [0, 0.1) is 23.2 Å². The maximum atomic E-state index is 14.1. The number of anilines is 2. The van der Waals surface area contributed by atoms with Gasteiger partial charge in [-0.1, -0.05) is 30.3 Å². The molecule has 4 aliphatic heterocycles. The molecule has 2 amide bonds. The van der Waals surface area contributed by atoms with Gasteiger partial charge in [0.15, 0.2) is 0 Å². The fourth-order valence-electron chi connectivity index (χ4n) is 7.36. The lowest BCUT2D eigenvalue weighted by atomic mass is 9.67. The van der Waals surface area contributed by atoms with E-state index in [4.69, 9.17) is 14.2 Å². The van der Waals surface area contributed by atoms with Crippen LogP contribution in [0.3, 0.4) is 0 Å². The molecular formula is C32H31N3O5. The number of imide groups is 1. The van der Waals surface area contributed by atoms with Gasteiger partial charge in [-0.25, -0.2) is 4.90 Å². The van der Waals surface area contributed by atoms with Crippen molar-refractivity contribution in [3.05, 3.63) is 66.2 Å². The van der Waals surface area contributed by atoms with Gasteiger partial charge in [0, 0.05) is 42.0 Å². The van der Waals surface area contributed by atoms with E-state index in [-0.39, 0.29) is 11.8 Å². The highest BCUT2D eigenvalue weighted by molar-refractivity contribution is 6.26. The highest BCUT2D eigenvalue weighted by Gasteiger charge is 2.73. The minimum Gasteiger partial charge on any atom is -0.493 e. The Morgan fingerprint density at radius 1 is 0.975 bits per heavy atom. The fraction of sp³-hybridized carbons (Fsp3) is 0.406. The number of amides is 2. The Labute approximate surface area is 233 Å². The van der Waals surface area contributed by atoms with Crippen LogP contribution in [0.4, 0.5) is 11.4 Å². The summed E-state index contributed by atoms with van der Waals surface area (Å²) in [6.45, 7) is 5.49. The molecule has 4 fully saturated rings. The third-order valence-corrected chi connectivity index (χ3v) is 9.26. The zero-order chi connectivity index (χ0) is 27.5. The molecule has 2 bridgehead atoms. The van der Waals surface area contributed by atoms with Crippen molar-refractivity contribution in [2.45, 2.75) is 37.4 Å². The zero-order valence-electron chi connectivity index (χ0n) is 22.5. The van der Waals surface area contributed by atoms with Crippen molar-refractivity contribution in [2.24, 2.45) is 11.8 Å². The first kappa shape index (κ1) is 25.1. The smallest absolute Gasteiger partial charge is 0.240 e. The maximum Gasteiger partial charge on any atom is 0.240 e. The Bertz CT molecular complexity index is 1560. The monoisotopic (exact) mass is 537 g/mol. The molecule has 4 atom stereocenters. The van der Waals surface area contributed by atoms with Crippen LogP contribution in [0.1, 0.15) is 31.7 Å². The number of nitrogens with zero attached hydrogens (tertiary/aromatic N) is 3. The van der Waals surface area contributed by atoms with E-state index in [0.29, 0.717) is 43.9 Å². The molecule has 40 heavy (non-hydrogen) atoms. The van der Waals surface area contributed by atoms with E-state index in [2.05, 4.69) is 17.0 Å². The molecule has 4 saturated heterocycles. The highest BCUT2D eigenvalue weighted by Crippen LogP contribution is 2.62. The maximum absolute atomic E-state index is 14.1. The largest absolute Gasteiger partial charge is 0.493 e. The van der Waals surface area contributed by atoms with E-state index < -0.39 is 23.0 Å². The number of carbonyl (C=O) groups is 2. The Balaban J connectivity index is 1.14. The van der Waals surface area contributed by atoms with Crippen molar-refractivity contribution in [2.75, 3.05) is 42.7 Å². The molecule has 0 radical (unpaired) electrons. The van der Waals surface area contributed by atoms with Gasteiger partial charge in [-0.15, -0.1) is 0 Å². The van der Waals surface area contributed by atoms with Gasteiger partial charge in [-0.2, -0.15) is 5.26 Å². The first-order valence-electron chi connectivity index (χ1n) is 14.0. The van der Waals surface area contributed by atoms with E-state index in [1.807, 2.05) is 49.4 Å². The second-order valence-corrected chi connectivity index (χ2v) is 11.4. The summed E-state index contributed by atoms with van der Waals surface area (Å²) < 4.78 is 18.3. The van der Waals surface area contributed by atoms with E-state index in [9.17, 15) is 14.9 Å². The number of benzene rings is 3. The second kappa shape index (κ2) is 9.33. The van der Waals surface area contributed by atoms with E-state index >= 15 is 0 Å². The molecule has 7 rings (SSSR count). The van der Waals surface area contributed by atoms with E-state index in [1.54, 1.807) is 12.1 Å². The molecule has 0 spiro atoms. The number of morpholine rings is 1. The summed E-state index contributed by atoms with van der Waals surface area (Å²) in [6, 6.07) is 21.1. The third-order valence-electron chi connectivity index (χ3n) is 9.26. The van der Waals surface area contributed by atoms with E-state index in [1.165, 1.54) is 4.90 Å². The summed E-state index contributed by atoms with van der Waals surface area (Å²) in [5.41, 5.74) is 0.718. The first-order valence-corrected chi connectivity index (χ1v) is 14.0. The average molecular weight is 538 g/mol. The van der Waals surface area contributed by atoms with Crippen LogP contribution >= 0.6 is 0 Å². The van der Waals surface area contributed by atoms with Gasteiger partial charge in [-0.05, 0) is 44.0 Å². The van der Waals surface area contributed by atoms with Gasteiger partial charge in [0.1, 0.15) is 5.75 Å². The Kier molecular flexibility index (Phi) is 5.84. The molecule has 3 aromatic carbocycles. The Hall–Kier alpha value is -3.93. The van der Waals surface area contributed by atoms with Crippen molar-refractivity contribution in [1.82, 2.24) is 0 Å². The summed E-state index contributed by atoms with van der Waals surface area (Å²) in [5, 5.41) is 11.0. The van der Waals surface area contributed by atoms with Crippen LogP contribution in [0.5, 0.6) is 5.75 Å². The molecule has 3 aromatic rings.